The van der Waals surface area contributed by atoms with Crippen molar-refractivity contribution in [2.24, 2.45) is 5.73 Å². The highest BCUT2D eigenvalue weighted by molar-refractivity contribution is 5.84. The lowest BCUT2D eigenvalue weighted by atomic mass is 10.1. The van der Waals surface area contributed by atoms with Gasteiger partial charge in [-0.1, -0.05) is 24.3 Å². The fourth-order valence-electron chi connectivity index (χ4n) is 2.39. The molecule has 0 fully saturated rings. The lowest BCUT2D eigenvalue weighted by Gasteiger charge is -2.20. The largest absolute Gasteiger partial charge is 0.329 e. The third-order valence-corrected chi connectivity index (χ3v) is 3.55. The lowest BCUT2D eigenvalue weighted by molar-refractivity contribution is 0.628. The van der Waals surface area contributed by atoms with Crippen LogP contribution in [0.4, 0.5) is 15.9 Å². The summed E-state index contributed by atoms with van der Waals surface area (Å²) in [6.45, 7) is 0.438. The molecule has 0 aliphatic carbocycles. The van der Waals surface area contributed by atoms with E-state index in [1.807, 2.05) is 48.3 Å². The quantitative estimate of drug-likeness (QED) is 0.797. The molecular formula is C17H16FN3. The van der Waals surface area contributed by atoms with Crippen LogP contribution in [0.2, 0.25) is 0 Å². The van der Waals surface area contributed by atoms with Crippen LogP contribution in [0.3, 0.4) is 0 Å². The van der Waals surface area contributed by atoms with Crippen LogP contribution in [0.15, 0.2) is 54.6 Å². The van der Waals surface area contributed by atoms with Gasteiger partial charge in [0, 0.05) is 24.7 Å². The Morgan fingerprint density at radius 2 is 1.90 bits per heavy atom. The number of hydrogen-bond acceptors (Lipinski definition) is 3. The number of benzene rings is 2. The van der Waals surface area contributed by atoms with Crippen LogP contribution in [0.25, 0.3) is 10.9 Å². The number of anilines is 2. The van der Waals surface area contributed by atoms with Crippen LogP contribution in [-0.2, 0) is 6.54 Å². The smallest absolute Gasteiger partial charge is 0.133 e. The summed E-state index contributed by atoms with van der Waals surface area (Å²) in [5.41, 5.74) is 8.51. The molecule has 0 spiro atoms. The van der Waals surface area contributed by atoms with Gasteiger partial charge in [0.05, 0.1) is 5.52 Å². The second kappa shape index (κ2) is 5.50. The van der Waals surface area contributed by atoms with E-state index in [1.54, 1.807) is 6.07 Å². The second-order valence-corrected chi connectivity index (χ2v) is 4.90. The van der Waals surface area contributed by atoms with Crippen LogP contribution >= 0.6 is 0 Å². The molecule has 0 atom stereocenters. The molecule has 2 N–H and O–H groups in total. The lowest BCUT2D eigenvalue weighted by Crippen LogP contribution is -2.12. The number of aromatic nitrogens is 1. The summed E-state index contributed by atoms with van der Waals surface area (Å²) in [4.78, 5) is 6.49. The highest BCUT2D eigenvalue weighted by atomic mass is 19.1. The maximum absolute atomic E-state index is 13.4. The Morgan fingerprint density at radius 1 is 1.10 bits per heavy atom. The Hall–Kier alpha value is -2.46. The van der Waals surface area contributed by atoms with E-state index in [0.29, 0.717) is 6.54 Å². The van der Waals surface area contributed by atoms with Gasteiger partial charge in [0.25, 0.3) is 0 Å². The zero-order valence-corrected chi connectivity index (χ0v) is 11.8. The van der Waals surface area contributed by atoms with Gasteiger partial charge in [0.1, 0.15) is 11.6 Å². The maximum Gasteiger partial charge on any atom is 0.133 e. The summed E-state index contributed by atoms with van der Waals surface area (Å²) in [6.07, 6.45) is 0. The number of hydrogen-bond donors (Lipinski definition) is 1. The Kier molecular flexibility index (Phi) is 3.54. The molecule has 2 aromatic carbocycles. The molecule has 0 aliphatic heterocycles. The van der Waals surface area contributed by atoms with Gasteiger partial charge in [-0.2, -0.15) is 0 Å². The first-order valence-corrected chi connectivity index (χ1v) is 6.77. The topological polar surface area (TPSA) is 42.1 Å². The Morgan fingerprint density at radius 3 is 2.67 bits per heavy atom. The minimum atomic E-state index is -0.265. The van der Waals surface area contributed by atoms with Crippen molar-refractivity contribution in [3.63, 3.8) is 0 Å². The van der Waals surface area contributed by atoms with Gasteiger partial charge >= 0.3 is 0 Å². The van der Waals surface area contributed by atoms with Crippen molar-refractivity contribution >= 4 is 22.4 Å². The molecule has 0 saturated carbocycles. The summed E-state index contributed by atoms with van der Waals surface area (Å²) < 4.78 is 13.4. The standard InChI is InChI=1S/C17H16FN3/c1-21(14-6-4-5-13(18)10-14)17-9-12(11-19)15-7-2-3-8-16(15)20-17/h2-10H,11,19H2,1H3. The third-order valence-electron chi connectivity index (χ3n) is 3.55. The molecule has 3 aromatic rings. The first-order chi connectivity index (χ1) is 10.2. The van der Waals surface area contributed by atoms with E-state index in [2.05, 4.69) is 4.98 Å². The number of nitrogens with zero attached hydrogens (tertiary/aromatic N) is 2. The van der Waals surface area contributed by atoms with Crippen LogP contribution in [0, 0.1) is 5.82 Å². The summed E-state index contributed by atoms with van der Waals surface area (Å²) in [6, 6.07) is 16.3. The van der Waals surface area contributed by atoms with Crippen LogP contribution in [0.5, 0.6) is 0 Å². The maximum atomic E-state index is 13.4. The molecule has 3 rings (SSSR count). The van der Waals surface area contributed by atoms with Gasteiger partial charge in [0.2, 0.25) is 0 Å². The van der Waals surface area contributed by atoms with Crippen molar-refractivity contribution in [1.82, 2.24) is 4.98 Å². The Labute approximate surface area is 122 Å². The predicted molar refractivity (Wildman–Crippen MR) is 84.1 cm³/mol. The third kappa shape index (κ3) is 2.58. The number of nitrogens with two attached hydrogens (primary N) is 1. The average molecular weight is 281 g/mol. The molecule has 106 valence electrons. The Bertz CT molecular complexity index is 786. The van der Waals surface area contributed by atoms with Crippen molar-refractivity contribution in [1.29, 1.82) is 0 Å². The van der Waals surface area contributed by atoms with E-state index in [1.165, 1.54) is 12.1 Å². The van der Waals surface area contributed by atoms with Crippen molar-refractivity contribution in [3.8, 4) is 0 Å². The molecule has 0 aliphatic rings. The number of rotatable bonds is 3. The van der Waals surface area contributed by atoms with Gasteiger partial charge in [-0.3, -0.25) is 0 Å². The predicted octanol–water partition coefficient (Wildman–Crippen LogP) is 3.60. The van der Waals surface area contributed by atoms with E-state index in [0.717, 1.165) is 28.0 Å². The van der Waals surface area contributed by atoms with Gasteiger partial charge < -0.3 is 10.6 Å². The van der Waals surface area contributed by atoms with Gasteiger partial charge in [-0.05, 0) is 35.9 Å². The van der Waals surface area contributed by atoms with Gasteiger partial charge in [0.15, 0.2) is 0 Å². The molecule has 0 bridgehead atoms. The molecule has 0 amide bonds. The number of para-hydroxylation sites is 1. The zero-order chi connectivity index (χ0) is 14.8. The van der Waals surface area contributed by atoms with Crippen molar-refractivity contribution in [3.05, 3.63) is 66.0 Å². The normalized spacial score (nSPS) is 10.8. The SMILES string of the molecule is CN(c1cccc(F)c1)c1cc(CN)c2ccccc2n1. The fraction of sp³-hybridized carbons (Fsp3) is 0.118. The zero-order valence-electron chi connectivity index (χ0n) is 11.8. The first kappa shape index (κ1) is 13.5. The Balaban J connectivity index is 2.12. The van der Waals surface area contributed by atoms with Gasteiger partial charge in [-0.25, -0.2) is 9.37 Å². The molecule has 4 heteroatoms. The first-order valence-electron chi connectivity index (χ1n) is 6.77. The summed E-state index contributed by atoms with van der Waals surface area (Å²) in [5, 5.41) is 1.05. The minimum absolute atomic E-state index is 0.265. The molecular weight excluding hydrogens is 265 g/mol. The highest BCUT2D eigenvalue weighted by Crippen LogP contribution is 2.27. The summed E-state index contributed by atoms with van der Waals surface area (Å²) in [5.74, 6) is 0.485. The molecule has 21 heavy (non-hydrogen) atoms. The number of pyridine rings is 1. The summed E-state index contributed by atoms with van der Waals surface area (Å²) in [7, 11) is 1.87. The molecule has 0 unspecified atom stereocenters. The van der Waals surface area contributed by atoms with Gasteiger partial charge in [-0.15, -0.1) is 0 Å². The highest BCUT2D eigenvalue weighted by Gasteiger charge is 2.10. The van der Waals surface area contributed by atoms with E-state index >= 15 is 0 Å². The number of halogens is 1. The van der Waals surface area contributed by atoms with Crippen molar-refractivity contribution in [2.75, 3.05) is 11.9 Å². The molecule has 0 saturated heterocycles. The molecule has 0 radical (unpaired) electrons. The van der Waals surface area contributed by atoms with Crippen molar-refractivity contribution < 1.29 is 4.39 Å². The molecule has 3 nitrogen and oxygen atoms in total. The fourth-order valence-corrected chi connectivity index (χ4v) is 2.39. The van der Waals surface area contributed by atoms with Crippen LogP contribution in [-0.4, -0.2) is 12.0 Å². The van der Waals surface area contributed by atoms with E-state index < -0.39 is 0 Å². The minimum Gasteiger partial charge on any atom is -0.329 e. The van der Waals surface area contributed by atoms with Crippen LogP contribution < -0.4 is 10.6 Å². The second-order valence-electron chi connectivity index (χ2n) is 4.90. The van der Waals surface area contributed by atoms with Crippen molar-refractivity contribution in [2.45, 2.75) is 6.54 Å². The molecule has 1 heterocycles. The van der Waals surface area contributed by atoms with E-state index in [-0.39, 0.29) is 5.82 Å². The van der Waals surface area contributed by atoms with E-state index in [4.69, 9.17) is 5.73 Å². The van der Waals surface area contributed by atoms with Crippen LogP contribution in [0.1, 0.15) is 5.56 Å². The number of fused-ring (bicyclic) bond motifs is 1. The average Bonchev–Trinajstić information content (AvgIpc) is 2.53. The monoisotopic (exact) mass is 281 g/mol. The molecule has 1 aromatic heterocycles. The van der Waals surface area contributed by atoms with E-state index in [9.17, 15) is 4.39 Å². The summed E-state index contributed by atoms with van der Waals surface area (Å²) >= 11 is 0.